The zero-order valence-corrected chi connectivity index (χ0v) is 15.7. The third-order valence-corrected chi connectivity index (χ3v) is 4.71. The number of H-pyrrole nitrogens is 1. The van der Waals surface area contributed by atoms with E-state index in [0.717, 1.165) is 45.1 Å². The van der Waals surface area contributed by atoms with Gasteiger partial charge in [-0.3, -0.25) is 4.98 Å². The SMILES string of the molecule is COc1ccc2c(OCc3[nH]nc4ccc(-c5ccccc5)n[n+]34)ccnc2c1. The van der Waals surface area contributed by atoms with Crippen molar-refractivity contribution >= 4 is 16.6 Å². The van der Waals surface area contributed by atoms with Gasteiger partial charge in [-0.25, -0.2) is 0 Å². The minimum absolute atomic E-state index is 0.289. The number of aromatic nitrogens is 5. The zero-order chi connectivity index (χ0) is 19.6. The van der Waals surface area contributed by atoms with E-state index in [9.17, 15) is 0 Å². The summed E-state index contributed by atoms with van der Waals surface area (Å²) in [5.41, 5.74) is 3.46. The highest BCUT2D eigenvalue weighted by molar-refractivity contribution is 5.85. The van der Waals surface area contributed by atoms with Crippen molar-refractivity contribution in [3.8, 4) is 22.8 Å². The van der Waals surface area contributed by atoms with Gasteiger partial charge in [0, 0.05) is 34.4 Å². The van der Waals surface area contributed by atoms with Crippen LogP contribution >= 0.6 is 0 Å². The number of hydrogen-bond acceptors (Lipinski definition) is 5. The first kappa shape index (κ1) is 17.1. The highest BCUT2D eigenvalue weighted by atomic mass is 16.5. The number of methoxy groups -OCH3 is 1. The summed E-state index contributed by atoms with van der Waals surface area (Å²) in [6.45, 7) is 0.289. The first-order valence-corrected chi connectivity index (χ1v) is 9.19. The van der Waals surface area contributed by atoms with Crippen molar-refractivity contribution in [3.05, 3.63) is 78.8 Å². The molecule has 0 spiro atoms. The highest BCUT2D eigenvalue weighted by Gasteiger charge is 2.17. The van der Waals surface area contributed by atoms with Crippen LogP contribution in [0, 0.1) is 0 Å². The molecule has 0 amide bonds. The molecule has 0 saturated heterocycles. The summed E-state index contributed by atoms with van der Waals surface area (Å²) in [6, 6.07) is 21.5. The summed E-state index contributed by atoms with van der Waals surface area (Å²) in [7, 11) is 1.64. The molecule has 3 aromatic heterocycles. The van der Waals surface area contributed by atoms with E-state index in [1.54, 1.807) is 17.8 Å². The molecule has 0 fully saturated rings. The number of hydrogen-bond donors (Lipinski definition) is 1. The average Bonchev–Trinajstić information content (AvgIpc) is 3.20. The van der Waals surface area contributed by atoms with E-state index in [1.807, 2.05) is 66.7 Å². The van der Waals surface area contributed by atoms with E-state index in [0.29, 0.717) is 0 Å². The molecule has 5 aromatic rings. The minimum Gasteiger partial charge on any atom is -0.497 e. The van der Waals surface area contributed by atoms with E-state index >= 15 is 0 Å². The van der Waals surface area contributed by atoms with Crippen LogP contribution < -0.4 is 14.0 Å². The molecule has 0 aliphatic heterocycles. The lowest BCUT2D eigenvalue weighted by atomic mass is 10.1. The molecule has 0 saturated carbocycles. The molecule has 142 valence electrons. The van der Waals surface area contributed by atoms with E-state index in [1.165, 1.54) is 0 Å². The number of nitrogens with one attached hydrogen (secondary N) is 1. The first-order chi connectivity index (χ1) is 14.3. The van der Waals surface area contributed by atoms with Crippen molar-refractivity contribution in [2.24, 2.45) is 0 Å². The summed E-state index contributed by atoms with van der Waals surface area (Å²) < 4.78 is 13.1. The normalized spacial score (nSPS) is 11.1. The fraction of sp³-hybridized carbons (Fsp3) is 0.0909. The number of nitrogens with zero attached hydrogens (tertiary/aromatic N) is 4. The molecule has 0 unspecified atom stereocenters. The van der Waals surface area contributed by atoms with Crippen LogP contribution in [0.15, 0.2) is 72.9 Å². The number of pyridine rings is 1. The summed E-state index contributed by atoms with van der Waals surface area (Å²) in [5.74, 6) is 2.24. The average molecular weight is 384 g/mol. The predicted molar refractivity (Wildman–Crippen MR) is 108 cm³/mol. The Kier molecular flexibility index (Phi) is 4.25. The summed E-state index contributed by atoms with van der Waals surface area (Å²) >= 11 is 0. The second-order valence-electron chi connectivity index (χ2n) is 6.51. The van der Waals surface area contributed by atoms with Crippen LogP contribution in [0.1, 0.15) is 5.82 Å². The molecule has 0 aliphatic carbocycles. The first-order valence-electron chi connectivity index (χ1n) is 9.19. The Balaban J connectivity index is 1.46. The maximum Gasteiger partial charge on any atom is 0.325 e. The molecule has 0 bridgehead atoms. The van der Waals surface area contributed by atoms with Gasteiger partial charge >= 0.3 is 5.65 Å². The fourth-order valence-corrected chi connectivity index (χ4v) is 3.23. The molecule has 0 atom stereocenters. The maximum absolute atomic E-state index is 6.08. The standard InChI is InChI=1S/C22H17N5O2/c1-28-16-7-8-17-19(13-16)23-12-11-20(17)29-14-22-25-24-21-10-9-18(26-27(21)22)15-5-3-2-4-6-15/h2-13H,14H2,1H3/p+1. The van der Waals surface area contributed by atoms with Crippen molar-refractivity contribution in [3.63, 3.8) is 0 Å². The Bertz CT molecular complexity index is 1300. The van der Waals surface area contributed by atoms with E-state index in [2.05, 4.69) is 15.2 Å². The van der Waals surface area contributed by atoms with Gasteiger partial charge in [0.2, 0.25) is 0 Å². The van der Waals surface area contributed by atoms with Crippen molar-refractivity contribution in [1.29, 1.82) is 0 Å². The van der Waals surface area contributed by atoms with Gasteiger partial charge in [0.05, 0.1) is 12.6 Å². The van der Waals surface area contributed by atoms with Gasteiger partial charge in [0.25, 0.3) is 5.82 Å². The number of ether oxygens (including phenoxy) is 2. The van der Waals surface area contributed by atoms with Crippen LogP contribution in [0.2, 0.25) is 0 Å². The van der Waals surface area contributed by atoms with Crippen LogP contribution in [-0.4, -0.2) is 27.4 Å². The van der Waals surface area contributed by atoms with Crippen LogP contribution in [0.3, 0.4) is 0 Å². The Morgan fingerprint density at radius 2 is 1.90 bits per heavy atom. The lowest BCUT2D eigenvalue weighted by Gasteiger charge is -2.08. The van der Waals surface area contributed by atoms with Gasteiger partial charge in [0.15, 0.2) is 6.61 Å². The van der Waals surface area contributed by atoms with Crippen LogP contribution in [0.5, 0.6) is 11.5 Å². The molecule has 1 N–H and O–H groups in total. The molecule has 2 aromatic carbocycles. The zero-order valence-electron chi connectivity index (χ0n) is 15.7. The van der Waals surface area contributed by atoms with Gasteiger partial charge in [-0.1, -0.05) is 34.8 Å². The summed E-state index contributed by atoms with van der Waals surface area (Å²) in [6.07, 6.45) is 1.72. The molecule has 5 rings (SSSR count). The molecule has 7 heteroatoms. The van der Waals surface area contributed by atoms with Crippen LogP contribution in [-0.2, 0) is 6.61 Å². The molecule has 29 heavy (non-hydrogen) atoms. The van der Waals surface area contributed by atoms with Gasteiger partial charge in [0.1, 0.15) is 17.2 Å². The second kappa shape index (κ2) is 7.20. The summed E-state index contributed by atoms with van der Waals surface area (Å²) in [5, 5.41) is 13.0. The number of benzene rings is 2. The van der Waals surface area contributed by atoms with Crippen molar-refractivity contribution in [2.75, 3.05) is 7.11 Å². The largest absolute Gasteiger partial charge is 0.497 e. The highest BCUT2D eigenvalue weighted by Crippen LogP contribution is 2.27. The van der Waals surface area contributed by atoms with Crippen molar-refractivity contribution < 1.29 is 14.0 Å². The van der Waals surface area contributed by atoms with Crippen LogP contribution in [0.25, 0.3) is 27.8 Å². The fourth-order valence-electron chi connectivity index (χ4n) is 3.23. The number of rotatable bonds is 5. The topological polar surface area (TPSA) is 77.0 Å². The third-order valence-electron chi connectivity index (χ3n) is 4.71. The second-order valence-corrected chi connectivity index (χ2v) is 6.51. The maximum atomic E-state index is 6.08. The quantitative estimate of drug-likeness (QED) is 0.470. The lowest BCUT2D eigenvalue weighted by molar-refractivity contribution is -0.590. The van der Waals surface area contributed by atoms with Crippen LogP contribution in [0.4, 0.5) is 0 Å². The summed E-state index contributed by atoms with van der Waals surface area (Å²) in [4.78, 5) is 4.39. The molecule has 0 radical (unpaired) electrons. The monoisotopic (exact) mass is 384 g/mol. The number of aromatic amines is 1. The Hall–Kier alpha value is -4.00. The molecular weight excluding hydrogens is 366 g/mol. The van der Waals surface area contributed by atoms with Crippen molar-refractivity contribution in [1.82, 2.24) is 20.3 Å². The van der Waals surface area contributed by atoms with Gasteiger partial charge in [-0.2, -0.15) is 0 Å². The van der Waals surface area contributed by atoms with Crippen molar-refractivity contribution in [2.45, 2.75) is 6.61 Å². The van der Waals surface area contributed by atoms with E-state index in [-0.39, 0.29) is 6.61 Å². The minimum atomic E-state index is 0.289. The lowest BCUT2D eigenvalue weighted by Crippen LogP contribution is -2.31. The van der Waals surface area contributed by atoms with Gasteiger partial charge < -0.3 is 9.47 Å². The van der Waals surface area contributed by atoms with E-state index < -0.39 is 0 Å². The molecule has 0 aliphatic rings. The number of fused-ring (bicyclic) bond motifs is 2. The molecule has 7 nitrogen and oxygen atoms in total. The predicted octanol–water partition coefficient (Wildman–Crippen LogP) is 3.35. The molecular formula is C22H18N5O2+. The Morgan fingerprint density at radius 3 is 2.76 bits per heavy atom. The molecule has 3 heterocycles. The van der Waals surface area contributed by atoms with Gasteiger partial charge in [-0.05, 0) is 24.3 Å². The third kappa shape index (κ3) is 3.23. The Labute approximate surface area is 166 Å². The van der Waals surface area contributed by atoms with Gasteiger partial charge in [-0.15, -0.1) is 10.2 Å². The van der Waals surface area contributed by atoms with E-state index in [4.69, 9.17) is 14.6 Å². The Morgan fingerprint density at radius 1 is 1.00 bits per heavy atom. The smallest absolute Gasteiger partial charge is 0.325 e.